The van der Waals surface area contributed by atoms with Crippen LogP contribution in [-0.2, 0) is 15.9 Å². The summed E-state index contributed by atoms with van der Waals surface area (Å²) < 4.78 is 33.8. The molecule has 1 heterocycles. The number of methoxy groups -OCH3 is 1. The van der Waals surface area contributed by atoms with E-state index in [0.717, 1.165) is 30.6 Å². The fourth-order valence-electron chi connectivity index (χ4n) is 4.93. The third kappa shape index (κ3) is 5.15. The van der Waals surface area contributed by atoms with E-state index in [1.165, 1.54) is 7.11 Å². The summed E-state index contributed by atoms with van der Waals surface area (Å²) >= 11 is -2.37. The Hall–Kier alpha value is -3.24. The highest BCUT2D eigenvalue weighted by Crippen LogP contribution is 2.39. The van der Waals surface area contributed by atoms with Crippen LogP contribution in [-0.4, -0.2) is 50.9 Å². The molecular weight excluding hydrogens is 484 g/mol. The van der Waals surface area contributed by atoms with E-state index >= 15 is 0 Å². The zero-order valence-electron chi connectivity index (χ0n) is 20.3. The van der Waals surface area contributed by atoms with Crippen LogP contribution in [0, 0.1) is 5.92 Å². The second kappa shape index (κ2) is 11.2. The Morgan fingerprint density at radius 2 is 1.92 bits per heavy atom. The van der Waals surface area contributed by atoms with Crippen LogP contribution in [0.1, 0.15) is 71.3 Å². The van der Waals surface area contributed by atoms with Crippen molar-refractivity contribution in [3.63, 3.8) is 0 Å². The first-order chi connectivity index (χ1) is 17.3. The van der Waals surface area contributed by atoms with Gasteiger partial charge in [-0.1, -0.05) is 36.1 Å². The minimum absolute atomic E-state index is 0.00321. The predicted octanol–water partition coefficient (Wildman–Crippen LogP) is 3.83. The maximum absolute atomic E-state index is 13.7. The standard InChI is InChI=1S/C26H30N2O7S/c1-3-35-22-15-17(11-12-21(22)34-2)20(13-14-36(32)33)28-25(30)18-9-6-10-19(23(18)26(28)31)27-24(29)16-7-4-5-8-16/h6,9-12,15-16,20H,3-5,7-8,13-14H2,1-2H3,(H,27,29)(H,32,33)/p-1. The molecule has 2 aromatic carbocycles. The van der Waals surface area contributed by atoms with Gasteiger partial charge in [0.25, 0.3) is 11.8 Å². The Morgan fingerprint density at radius 3 is 2.58 bits per heavy atom. The second-order valence-electron chi connectivity index (χ2n) is 8.83. The average molecular weight is 514 g/mol. The lowest BCUT2D eigenvalue weighted by Crippen LogP contribution is -2.35. The van der Waals surface area contributed by atoms with Crippen molar-refractivity contribution in [2.24, 2.45) is 5.92 Å². The quantitative estimate of drug-likeness (QED) is 0.378. The fraction of sp³-hybridized carbons (Fsp3) is 0.423. The lowest BCUT2D eigenvalue weighted by molar-refractivity contribution is -0.119. The first-order valence-corrected chi connectivity index (χ1v) is 13.3. The molecule has 3 amide bonds. The molecule has 0 saturated heterocycles. The van der Waals surface area contributed by atoms with E-state index in [4.69, 9.17) is 9.47 Å². The lowest BCUT2D eigenvalue weighted by atomic mass is 10.0. The van der Waals surface area contributed by atoms with Crippen molar-refractivity contribution in [2.75, 3.05) is 24.8 Å². The molecule has 10 heteroatoms. The summed E-state index contributed by atoms with van der Waals surface area (Å²) in [4.78, 5) is 41.0. The van der Waals surface area contributed by atoms with Gasteiger partial charge in [-0.3, -0.25) is 23.5 Å². The first-order valence-electron chi connectivity index (χ1n) is 12.0. The Morgan fingerprint density at radius 1 is 1.17 bits per heavy atom. The summed E-state index contributed by atoms with van der Waals surface area (Å²) in [5.74, 6) is -0.734. The Balaban J connectivity index is 1.70. The Bertz CT molecular complexity index is 1190. The van der Waals surface area contributed by atoms with E-state index < -0.39 is 28.9 Å². The van der Waals surface area contributed by atoms with Crippen LogP contribution in [0.15, 0.2) is 36.4 Å². The largest absolute Gasteiger partial charge is 0.772 e. The number of amides is 3. The van der Waals surface area contributed by atoms with Gasteiger partial charge in [-0.25, -0.2) is 0 Å². The zero-order valence-corrected chi connectivity index (χ0v) is 21.1. The molecule has 2 aromatic rings. The van der Waals surface area contributed by atoms with Gasteiger partial charge >= 0.3 is 0 Å². The minimum atomic E-state index is -2.37. The van der Waals surface area contributed by atoms with Crippen molar-refractivity contribution in [1.82, 2.24) is 4.90 Å². The van der Waals surface area contributed by atoms with Crippen LogP contribution in [0.5, 0.6) is 11.5 Å². The van der Waals surface area contributed by atoms with Crippen LogP contribution in [0.2, 0.25) is 0 Å². The molecule has 36 heavy (non-hydrogen) atoms. The summed E-state index contributed by atoms with van der Waals surface area (Å²) in [5, 5.41) is 2.85. The van der Waals surface area contributed by atoms with Crippen LogP contribution in [0.25, 0.3) is 0 Å². The number of carbonyl (C=O) groups is 3. The van der Waals surface area contributed by atoms with Crippen molar-refractivity contribution >= 4 is 34.5 Å². The highest BCUT2D eigenvalue weighted by atomic mass is 32.2. The van der Waals surface area contributed by atoms with Gasteiger partial charge in [0.2, 0.25) is 5.91 Å². The van der Waals surface area contributed by atoms with E-state index in [2.05, 4.69) is 5.32 Å². The van der Waals surface area contributed by atoms with Gasteiger partial charge in [0.15, 0.2) is 11.5 Å². The molecule has 1 fully saturated rings. The maximum atomic E-state index is 13.7. The van der Waals surface area contributed by atoms with Gasteiger partial charge in [0, 0.05) is 11.7 Å². The molecule has 2 unspecified atom stereocenters. The van der Waals surface area contributed by atoms with E-state index in [-0.39, 0.29) is 35.1 Å². The topological polar surface area (TPSA) is 125 Å². The number of nitrogens with zero attached hydrogens (tertiary/aromatic N) is 1. The molecule has 0 spiro atoms. The molecular formula is C26H29N2O7S-. The van der Waals surface area contributed by atoms with E-state index in [0.29, 0.717) is 29.4 Å². The van der Waals surface area contributed by atoms with Crippen molar-refractivity contribution < 1.29 is 32.6 Å². The molecule has 4 rings (SSSR count). The van der Waals surface area contributed by atoms with Crippen LogP contribution in [0.3, 0.4) is 0 Å². The van der Waals surface area contributed by atoms with Gasteiger partial charge in [0.05, 0.1) is 36.6 Å². The van der Waals surface area contributed by atoms with E-state index in [1.54, 1.807) is 36.4 Å². The van der Waals surface area contributed by atoms with Gasteiger partial charge in [-0.2, -0.15) is 0 Å². The summed E-state index contributed by atoms with van der Waals surface area (Å²) in [5.41, 5.74) is 1.13. The van der Waals surface area contributed by atoms with E-state index in [9.17, 15) is 23.1 Å². The minimum Gasteiger partial charge on any atom is -0.772 e. The maximum Gasteiger partial charge on any atom is 0.264 e. The normalized spacial score (nSPS) is 17.1. The average Bonchev–Trinajstić information content (AvgIpc) is 3.48. The molecule has 0 radical (unpaired) electrons. The Kier molecular flexibility index (Phi) is 8.05. The van der Waals surface area contributed by atoms with E-state index in [1.807, 2.05) is 6.92 Å². The molecule has 0 aromatic heterocycles. The zero-order chi connectivity index (χ0) is 25.8. The fourth-order valence-corrected chi connectivity index (χ4v) is 5.35. The number of imide groups is 1. The number of rotatable bonds is 10. The van der Waals surface area contributed by atoms with Crippen molar-refractivity contribution in [3.8, 4) is 11.5 Å². The SMILES string of the molecule is CCOc1cc(C(CCS(=O)[O-])N2C(=O)c3cccc(NC(=O)C4CCCC4)c3C2=O)ccc1OC. The first kappa shape index (κ1) is 25.8. The van der Waals surface area contributed by atoms with Gasteiger partial charge < -0.3 is 19.3 Å². The monoisotopic (exact) mass is 513 g/mol. The van der Waals surface area contributed by atoms with Crippen LogP contribution >= 0.6 is 0 Å². The molecule has 192 valence electrons. The highest BCUT2D eigenvalue weighted by Gasteiger charge is 2.42. The number of anilines is 1. The highest BCUT2D eigenvalue weighted by molar-refractivity contribution is 7.79. The predicted molar refractivity (Wildman–Crippen MR) is 133 cm³/mol. The molecule has 1 saturated carbocycles. The van der Waals surface area contributed by atoms with Gasteiger partial charge in [0.1, 0.15) is 0 Å². The van der Waals surface area contributed by atoms with Crippen molar-refractivity contribution in [2.45, 2.75) is 45.1 Å². The molecule has 2 atom stereocenters. The molecule has 1 aliphatic carbocycles. The molecule has 9 nitrogen and oxygen atoms in total. The lowest BCUT2D eigenvalue weighted by Gasteiger charge is -2.28. The molecule has 0 bridgehead atoms. The molecule has 1 aliphatic heterocycles. The number of ether oxygens (including phenoxy) is 2. The second-order valence-corrected chi connectivity index (χ2v) is 9.85. The molecule has 2 aliphatic rings. The third-order valence-electron chi connectivity index (χ3n) is 6.67. The number of fused-ring (bicyclic) bond motifs is 1. The number of benzene rings is 2. The number of nitrogens with one attached hydrogen (secondary N) is 1. The summed E-state index contributed by atoms with van der Waals surface area (Å²) in [6.45, 7) is 2.18. The smallest absolute Gasteiger partial charge is 0.264 e. The van der Waals surface area contributed by atoms with Crippen molar-refractivity contribution in [3.05, 3.63) is 53.1 Å². The summed E-state index contributed by atoms with van der Waals surface area (Å²) in [7, 11) is 1.50. The van der Waals surface area contributed by atoms with Crippen LogP contribution < -0.4 is 14.8 Å². The van der Waals surface area contributed by atoms with Gasteiger partial charge in [-0.05, 0) is 56.0 Å². The number of carbonyl (C=O) groups excluding carboxylic acids is 3. The van der Waals surface area contributed by atoms with Gasteiger partial charge in [-0.15, -0.1) is 0 Å². The number of hydrogen-bond donors (Lipinski definition) is 1. The van der Waals surface area contributed by atoms with Crippen LogP contribution in [0.4, 0.5) is 5.69 Å². The number of hydrogen-bond acceptors (Lipinski definition) is 7. The summed E-state index contributed by atoms with van der Waals surface area (Å²) in [6.07, 6.45) is 3.58. The molecule has 1 N–H and O–H groups in total. The summed E-state index contributed by atoms with van der Waals surface area (Å²) in [6, 6.07) is 8.93. The Labute approximate surface area is 212 Å². The third-order valence-corrected chi connectivity index (χ3v) is 7.24. The van der Waals surface area contributed by atoms with Crippen molar-refractivity contribution in [1.29, 1.82) is 0 Å².